The average Bonchev–Trinajstić information content (AvgIpc) is 3.92. The highest BCUT2D eigenvalue weighted by atomic mass is 32.1. The Balaban J connectivity index is 1.00. The molecule has 10 aromatic carbocycles. The lowest BCUT2D eigenvalue weighted by Gasteiger charge is -2.29. The number of rotatable bonds is 7. The van der Waals surface area contributed by atoms with Crippen LogP contribution in [0.5, 0.6) is 0 Å². The number of para-hydroxylation sites is 1. The highest BCUT2D eigenvalue weighted by molar-refractivity contribution is 7.27. The molecule has 0 unspecified atom stereocenters. The topological polar surface area (TPSA) is 16.1 Å². The molecular formula is C57H36N2S2. The Labute approximate surface area is 361 Å². The molecule has 4 heteroatoms. The molecule has 12 aromatic rings. The Kier molecular flexibility index (Phi) is 8.58. The number of thiophene rings is 1. The molecule has 0 amide bonds. The van der Waals surface area contributed by atoms with E-state index in [1.54, 1.807) is 11.3 Å². The molecule has 0 aliphatic heterocycles. The summed E-state index contributed by atoms with van der Waals surface area (Å²) in [6.45, 7) is 0. The van der Waals surface area contributed by atoms with E-state index in [4.69, 9.17) is 4.98 Å². The first kappa shape index (κ1) is 35.6. The van der Waals surface area contributed by atoms with Crippen LogP contribution in [0.4, 0.5) is 17.1 Å². The number of thiazole rings is 1. The number of hydrogen-bond acceptors (Lipinski definition) is 4. The van der Waals surface area contributed by atoms with Gasteiger partial charge < -0.3 is 4.90 Å². The molecule has 2 aromatic heterocycles. The molecule has 0 N–H and O–H groups in total. The molecule has 2 nitrogen and oxygen atoms in total. The van der Waals surface area contributed by atoms with Gasteiger partial charge in [-0.1, -0.05) is 182 Å². The zero-order chi connectivity index (χ0) is 40.3. The summed E-state index contributed by atoms with van der Waals surface area (Å²) in [6.07, 6.45) is 0. The average molecular weight is 813 g/mol. The normalized spacial score (nSPS) is 11.6. The highest BCUT2D eigenvalue weighted by Crippen LogP contribution is 2.47. The van der Waals surface area contributed by atoms with Gasteiger partial charge in [0.15, 0.2) is 0 Å². The second-order valence-electron chi connectivity index (χ2n) is 15.5. The second kappa shape index (κ2) is 14.7. The lowest BCUT2D eigenvalue weighted by Crippen LogP contribution is -2.12. The summed E-state index contributed by atoms with van der Waals surface area (Å²) < 4.78 is 3.81. The monoisotopic (exact) mass is 812 g/mol. The molecule has 0 aliphatic carbocycles. The zero-order valence-electron chi connectivity index (χ0n) is 33.0. The van der Waals surface area contributed by atoms with Gasteiger partial charge in [-0.3, -0.25) is 0 Å². The summed E-state index contributed by atoms with van der Waals surface area (Å²) >= 11 is 3.64. The van der Waals surface area contributed by atoms with E-state index >= 15 is 0 Å². The predicted octanol–water partition coefficient (Wildman–Crippen LogP) is 17.1. The summed E-state index contributed by atoms with van der Waals surface area (Å²) in [5.74, 6) is 0. The lowest BCUT2D eigenvalue weighted by atomic mass is 9.92. The van der Waals surface area contributed by atoms with Gasteiger partial charge in [-0.05, 0) is 80.4 Å². The Hall–Kier alpha value is -7.37. The van der Waals surface area contributed by atoms with Crippen LogP contribution in [-0.4, -0.2) is 4.98 Å². The number of nitrogens with zero attached hydrogens (tertiary/aromatic N) is 2. The smallest absolute Gasteiger partial charge is 0.124 e. The van der Waals surface area contributed by atoms with E-state index in [9.17, 15) is 0 Å². The maximum absolute atomic E-state index is 5.07. The van der Waals surface area contributed by atoms with Gasteiger partial charge in [0.05, 0.1) is 21.6 Å². The van der Waals surface area contributed by atoms with Crippen molar-refractivity contribution in [2.24, 2.45) is 0 Å². The summed E-state index contributed by atoms with van der Waals surface area (Å²) in [5, 5.41) is 8.51. The third kappa shape index (κ3) is 6.11. The maximum atomic E-state index is 5.07. The first-order valence-corrected chi connectivity index (χ1v) is 22.2. The summed E-state index contributed by atoms with van der Waals surface area (Å²) in [5.41, 5.74) is 12.8. The second-order valence-corrected chi connectivity index (χ2v) is 17.5. The fourth-order valence-electron chi connectivity index (χ4n) is 9.05. The van der Waals surface area contributed by atoms with E-state index in [0.717, 1.165) is 33.1 Å². The van der Waals surface area contributed by atoms with Gasteiger partial charge in [-0.25, -0.2) is 4.98 Å². The minimum absolute atomic E-state index is 1.05. The predicted molar refractivity (Wildman–Crippen MR) is 264 cm³/mol. The van der Waals surface area contributed by atoms with Gasteiger partial charge in [0.25, 0.3) is 0 Å². The first-order valence-electron chi connectivity index (χ1n) is 20.6. The molecule has 12 rings (SSSR count). The number of aromatic nitrogens is 1. The summed E-state index contributed by atoms with van der Waals surface area (Å²) in [4.78, 5) is 7.52. The third-order valence-electron chi connectivity index (χ3n) is 11.9. The molecule has 286 valence electrons. The minimum Gasteiger partial charge on any atom is -0.309 e. The van der Waals surface area contributed by atoms with Crippen LogP contribution in [0.25, 0.3) is 95.9 Å². The molecule has 0 atom stereocenters. The van der Waals surface area contributed by atoms with E-state index in [0.29, 0.717) is 0 Å². The number of fused-ring (bicyclic) bond motifs is 6. The van der Waals surface area contributed by atoms with Crippen LogP contribution < -0.4 is 4.90 Å². The minimum atomic E-state index is 1.05. The lowest BCUT2D eigenvalue weighted by molar-refractivity contribution is 1.30. The van der Waals surface area contributed by atoms with E-state index in [1.807, 2.05) is 11.3 Å². The fraction of sp³-hybridized carbons (Fsp3) is 0. The first-order chi connectivity index (χ1) is 30.2. The van der Waals surface area contributed by atoms with Crippen LogP contribution >= 0.6 is 22.7 Å². The van der Waals surface area contributed by atoms with E-state index < -0.39 is 0 Å². The van der Waals surface area contributed by atoms with Crippen LogP contribution in [0.2, 0.25) is 0 Å². The number of hydrogen-bond donors (Lipinski definition) is 0. The van der Waals surface area contributed by atoms with Gasteiger partial charge >= 0.3 is 0 Å². The summed E-state index contributed by atoms with van der Waals surface area (Å²) in [7, 11) is 0. The van der Waals surface area contributed by atoms with Crippen molar-refractivity contribution >= 4 is 91.7 Å². The molecule has 2 heterocycles. The van der Waals surface area contributed by atoms with E-state index in [2.05, 4.69) is 223 Å². The van der Waals surface area contributed by atoms with Gasteiger partial charge in [0.2, 0.25) is 0 Å². The van der Waals surface area contributed by atoms with Crippen molar-refractivity contribution in [3.63, 3.8) is 0 Å². The number of benzene rings is 10. The van der Waals surface area contributed by atoms with E-state index in [-0.39, 0.29) is 0 Å². The van der Waals surface area contributed by atoms with Gasteiger partial charge in [0, 0.05) is 42.4 Å². The van der Waals surface area contributed by atoms with Crippen molar-refractivity contribution < 1.29 is 0 Å². The third-order valence-corrected chi connectivity index (χ3v) is 14.2. The number of anilines is 3. The van der Waals surface area contributed by atoms with Crippen molar-refractivity contribution in [3.8, 4) is 44.0 Å². The zero-order valence-corrected chi connectivity index (χ0v) is 34.6. The molecule has 0 aliphatic rings. The van der Waals surface area contributed by atoms with Crippen LogP contribution in [0.3, 0.4) is 0 Å². The molecule has 0 fully saturated rings. The van der Waals surface area contributed by atoms with Crippen LogP contribution in [-0.2, 0) is 0 Å². The van der Waals surface area contributed by atoms with Crippen LogP contribution in [0, 0.1) is 0 Å². The van der Waals surface area contributed by atoms with Gasteiger partial charge in [-0.15, -0.1) is 22.7 Å². The molecule has 0 spiro atoms. The van der Waals surface area contributed by atoms with E-state index in [1.165, 1.54) is 79.8 Å². The van der Waals surface area contributed by atoms with Gasteiger partial charge in [0.1, 0.15) is 5.01 Å². The fourth-order valence-corrected chi connectivity index (χ4v) is 11.4. The van der Waals surface area contributed by atoms with Crippen molar-refractivity contribution in [1.82, 2.24) is 4.98 Å². The highest BCUT2D eigenvalue weighted by Gasteiger charge is 2.22. The van der Waals surface area contributed by atoms with Crippen LogP contribution in [0.15, 0.2) is 218 Å². The van der Waals surface area contributed by atoms with Crippen molar-refractivity contribution in [2.75, 3.05) is 4.90 Å². The van der Waals surface area contributed by atoms with Gasteiger partial charge in [-0.2, -0.15) is 0 Å². The summed E-state index contributed by atoms with van der Waals surface area (Å²) in [6, 6.07) is 79.4. The quantitative estimate of drug-likeness (QED) is 0.159. The Morgan fingerprint density at radius 1 is 0.344 bits per heavy atom. The van der Waals surface area contributed by atoms with Crippen molar-refractivity contribution in [3.05, 3.63) is 218 Å². The molecule has 0 bridgehead atoms. The molecule has 0 radical (unpaired) electrons. The Morgan fingerprint density at radius 2 is 0.951 bits per heavy atom. The Morgan fingerprint density at radius 3 is 1.79 bits per heavy atom. The van der Waals surface area contributed by atoms with Crippen molar-refractivity contribution in [1.29, 1.82) is 0 Å². The molecule has 61 heavy (non-hydrogen) atoms. The molecular weight excluding hydrogens is 777 g/mol. The largest absolute Gasteiger partial charge is 0.309 e. The SMILES string of the molecule is c1ccc(-c2nc3cc4c(cc3s2)sc2c(-c3ccc(N(c5ccccc5-c5ccccc5)c5ccc(-c6cccc7ccccc67)c6ccccc56)cc3)cccc24)cc1. The van der Waals surface area contributed by atoms with Crippen molar-refractivity contribution in [2.45, 2.75) is 0 Å². The van der Waals surface area contributed by atoms with Crippen LogP contribution in [0.1, 0.15) is 0 Å². The molecule has 0 saturated carbocycles. The molecule has 0 saturated heterocycles. The Bertz CT molecular complexity index is 3580. The standard InChI is InChI=1S/C57H36N2S2/c1-3-15-38(16-4-1)43-22-11-12-28-52(43)59(53-34-33-47(46-23-9-10-24-48(46)53)45-26-13-20-37-17-7-8-21-42(37)45)41-31-29-39(30-32-41)44-25-14-27-49-50-35-51-55(36-54(50)60-56(44)49)61-57(58-51)40-18-5-2-6-19-40/h1-36H. The maximum Gasteiger partial charge on any atom is 0.124 e.